The smallest absolute Gasteiger partial charge is 0.182 e. The maximum atomic E-state index is 12.3. The van der Waals surface area contributed by atoms with Crippen molar-refractivity contribution in [2.45, 2.75) is 31.7 Å². The molecule has 0 saturated carbocycles. The average molecular weight is 268 g/mol. The third-order valence-electron chi connectivity index (χ3n) is 3.39. The summed E-state index contributed by atoms with van der Waals surface area (Å²) >= 11 is 0. The maximum absolute atomic E-state index is 12.3. The number of fused-ring (bicyclic) bond motifs is 1. The van der Waals surface area contributed by atoms with Gasteiger partial charge in [0.2, 0.25) is 0 Å². The van der Waals surface area contributed by atoms with Crippen LogP contribution in [0.1, 0.15) is 18.1 Å². The van der Waals surface area contributed by atoms with Crippen LogP contribution < -0.4 is 10.6 Å². The highest BCUT2D eigenvalue weighted by Gasteiger charge is 2.34. The van der Waals surface area contributed by atoms with Gasteiger partial charge in [-0.25, -0.2) is 8.42 Å². The first-order chi connectivity index (χ1) is 8.36. The molecule has 2 N–H and O–H groups in total. The Morgan fingerprint density at radius 2 is 2.06 bits per heavy atom. The van der Waals surface area contributed by atoms with Crippen molar-refractivity contribution in [1.82, 2.24) is 0 Å². The van der Waals surface area contributed by atoms with Gasteiger partial charge in [0.15, 0.2) is 9.84 Å². The fourth-order valence-electron chi connectivity index (χ4n) is 2.72. The lowest BCUT2D eigenvalue weighted by molar-refractivity contribution is 0.571. The van der Waals surface area contributed by atoms with Gasteiger partial charge in [0, 0.05) is 19.1 Å². The Balaban J connectivity index is 2.69. The molecule has 0 radical (unpaired) electrons. The molecule has 100 valence electrons. The first-order valence-electron chi connectivity index (χ1n) is 6.17. The summed E-state index contributed by atoms with van der Waals surface area (Å²) in [6.07, 6.45) is 0. The van der Waals surface area contributed by atoms with Gasteiger partial charge in [0.1, 0.15) is 0 Å². The summed E-state index contributed by atoms with van der Waals surface area (Å²) < 4.78 is 24.6. The van der Waals surface area contributed by atoms with Gasteiger partial charge in [-0.3, -0.25) is 0 Å². The second kappa shape index (κ2) is 4.55. The summed E-state index contributed by atoms with van der Waals surface area (Å²) in [5, 5.41) is 0. The van der Waals surface area contributed by atoms with E-state index in [9.17, 15) is 8.42 Å². The molecule has 0 fully saturated rings. The highest BCUT2D eigenvalue weighted by molar-refractivity contribution is 7.91. The second-order valence-electron chi connectivity index (χ2n) is 5.04. The van der Waals surface area contributed by atoms with E-state index < -0.39 is 9.84 Å². The molecule has 1 unspecified atom stereocenters. The summed E-state index contributed by atoms with van der Waals surface area (Å²) in [6.45, 7) is 7.04. The van der Waals surface area contributed by atoms with Gasteiger partial charge in [0.05, 0.1) is 16.3 Å². The fourth-order valence-corrected chi connectivity index (χ4v) is 4.65. The molecule has 0 saturated heterocycles. The first kappa shape index (κ1) is 13.4. The molecule has 1 aliphatic rings. The Labute approximate surface area is 109 Å². The Hall–Kier alpha value is -1.07. The Bertz CT molecular complexity index is 567. The highest BCUT2D eigenvalue weighted by Crippen LogP contribution is 2.36. The van der Waals surface area contributed by atoms with Crippen molar-refractivity contribution in [3.8, 4) is 0 Å². The molecule has 18 heavy (non-hydrogen) atoms. The van der Waals surface area contributed by atoms with Crippen LogP contribution in [0.2, 0.25) is 0 Å². The normalized spacial score (nSPS) is 21.8. The molecule has 2 rings (SSSR count). The highest BCUT2D eigenvalue weighted by atomic mass is 32.2. The molecule has 0 amide bonds. The van der Waals surface area contributed by atoms with E-state index in [-0.39, 0.29) is 11.8 Å². The van der Waals surface area contributed by atoms with Crippen LogP contribution in [0.25, 0.3) is 0 Å². The summed E-state index contributed by atoms with van der Waals surface area (Å²) in [4.78, 5) is 2.58. The molecular weight excluding hydrogens is 248 g/mol. The Morgan fingerprint density at radius 3 is 2.67 bits per heavy atom. The summed E-state index contributed by atoms with van der Waals surface area (Å²) in [7, 11) is -3.17. The van der Waals surface area contributed by atoms with Crippen molar-refractivity contribution in [2.24, 2.45) is 5.73 Å². The van der Waals surface area contributed by atoms with Crippen LogP contribution in [-0.4, -0.2) is 33.3 Å². The molecule has 5 heteroatoms. The molecule has 1 aromatic carbocycles. The van der Waals surface area contributed by atoms with Gasteiger partial charge < -0.3 is 10.6 Å². The van der Waals surface area contributed by atoms with Crippen LogP contribution in [-0.2, 0) is 9.84 Å². The van der Waals surface area contributed by atoms with Crippen molar-refractivity contribution in [3.63, 3.8) is 0 Å². The van der Waals surface area contributed by atoms with Crippen LogP contribution in [0.3, 0.4) is 0 Å². The number of nitrogens with two attached hydrogens (primary N) is 1. The van der Waals surface area contributed by atoms with Crippen molar-refractivity contribution in [2.75, 3.05) is 23.7 Å². The lowest BCUT2D eigenvalue weighted by atomic mass is 10.1. The van der Waals surface area contributed by atoms with Crippen LogP contribution >= 0.6 is 0 Å². The molecule has 0 bridgehead atoms. The summed E-state index contributed by atoms with van der Waals surface area (Å²) in [5.74, 6) is 0.170. The molecule has 4 nitrogen and oxygen atoms in total. The number of hydrogen-bond donors (Lipinski definition) is 1. The number of aryl methyl sites for hydroxylation is 2. The summed E-state index contributed by atoms with van der Waals surface area (Å²) in [5.41, 5.74) is 8.46. The largest absolute Gasteiger partial charge is 0.365 e. The van der Waals surface area contributed by atoms with Crippen LogP contribution in [0.4, 0.5) is 5.69 Å². The van der Waals surface area contributed by atoms with Crippen molar-refractivity contribution < 1.29 is 8.42 Å². The van der Waals surface area contributed by atoms with E-state index in [1.165, 1.54) is 0 Å². The zero-order valence-electron chi connectivity index (χ0n) is 11.1. The van der Waals surface area contributed by atoms with Gasteiger partial charge in [-0.15, -0.1) is 0 Å². The van der Waals surface area contributed by atoms with E-state index in [4.69, 9.17) is 5.73 Å². The van der Waals surface area contributed by atoms with E-state index >= 15 is 0 Å². The molecule has 0 aromatic heterocycles. The number of benzene rings is 1. The van der Waals surface area contributed by atoms with Gasteiger partial charge in [0.25, 0.3) is 0 Å². The predicted octanol–water partition coefficient (Wildman–Crippen LogP) is 1.24. The standard InChI is InChI=1S/C13H20N2O2S/c1-9-6-10(2)13-12(7-9)18(16,17)8-11(3)15(13)5-4-14/h6-7,11H,4-5,8,14H2,1-3H3. The van der Waals surface area contributed by atoms with Crippen LogP contribution in [0.5, 0.6) is 0 Å². The van der Waals surface area contributed by atoms with Crippen LogP contribution in [0.15, 0.2) is 17.0 Å². The first-order valence-corrected chi connectivity index (χ1v) is 7.82. The lowest BCUT2D eigenvalue weighted by Crippen LogP contribution is -2.45. The van der Waals surface area contributed by atoms with Crippen LogP contribution in [0, 0.1) is 13.8 Å². The number of rotatable bonds is 2. The minimum absolute atomic E-state index is 0.0209. The molecular formula is C13H20N2O2S. The molecule has 1 atom stereocenters. The van der Waals surface area contributed by atoms with Crippen molar-refractivity contribution in [3.05, 3.63) is 23.3 Å². The summed E-state index contributed by atoms with van der Waals surface area (Å²) in [6, 6.07) is 3.77. The Kier molecular flexibility index (Phi) is 3.38. The maximum Gasteiger partial charge on any atom is 0.182 e. The number of hydrogen-bond acceptors (Lipinski definition) is 4. The van der Waals surface area contributed by atoms with Gasteiger partial charge in [-0.05, 0) is 38.0 Å². The zero-order valence-corrected chi connectivity index (χ0v) is 11.9. The number of sulfone groups is 1. The number of anilines is 1. The van der Waals surface area contributed by atoms with E-state index in [0.29, 0.717) is 18.0 Å². The topological polar surface area (TPSA) is 63.4 Å². The third-order valence-corrected chi connectivity index (χ3v) is 5.30. The molecule has 0 aliphatic carbocycles. The Morgan fingerprint density at radius 1 is 1.39 bits per heavy atom. The van der Waals surface area contributed by atoms with E-state index in [1.807, 2.05) is 26.8 Å². The molecule has 1 aliphatic heterocycles. The third kappa shape index (κ3) is 2.12. The number of nitrogens with zero attached hydrogens (tertiary/aromatic N) is 1. The van der Waals surface area contributed by atoms with Gasteiger partial charge >= 0.3 is 0 Å². The van der Waals surface area contributed by atoms with E-state index in [1.54, 1.807) is 6.07 Å². The van der Waals surface area contributed by atoms with Gasteiger partial charge in [-0.1, -0.05) is 6.07 Å². The second-order valence-corrected chi connectivity index (χ2v) is 7.04. The minimum Gasteiger partial charge on any atom is -0.365 e. The molecule has 0 spiro atoms. The average Bonchev–Trinajstić information content (AvgIpc) is 2.23. The van der Waals surface area contributed by atoms with Crippen molar-refractivity contribution in [1.29, 1.82) is 0 Å². The predicted molar refractivity (Wildman–Crippen MR) is 73.8 cm³/mol. The van der Waals surface area contributed by atoms with Gasteiger partial charge in [-0.2, -0.15) is 0 Å². The monoisotopic (exact) mass is 268 g/mol. The quantitative estimate of drug-likeness (QED) is 0.876. The SMILES string of the molecule is Cc1cc(C)c2c(c1)S(=O)(=O)CC(C)N2CCN. The zero-order chi connectivity index (χ0) is 13.5. The van der Waals surface area contributed by atoms with E-state index in [0.717, 1.165) is 16.8 Å². The van der Waals surface area contributed by atoms with Crippen molar-refractivity contribution >= 4 is 15.5 Å². The van der Waals surface area contributed by atoms with E-state index in [2.05, 4.69) is 4.90 Å². The molecule has 1 heterocycles. The molecule has 1 aromatic rings. The minimum atomic E-state index is -3.17. The lowest BCUT2D eigenvalue weighted by Gasteiger charge is -2.37. The fraction of sp³-hybridized carbons (Fsp3) is 0.538.